The van der Waals surface area contributed by atoms with Crippen molar-refractivity contribution in [2.75, 3.05) is 20.0 Å². The summed E-state index contributed by atoms with van der Waals surface area (Å²) in [5.74, 6) is 0.208. The van der Waals surface area contributed by atoms with E-state index in [0.717, 1.165) is 43.7 Å². The Morgan fingerprint density at radius 1 is 0.957 bits per heavy atom. The largest absolute Gasteiger partial charge is 0.495 e. The van der Waals surface area contributed by atoms with Gasteiger partial charge in [0.25, 0.3) is 5.56 Å². The molecule has 0 bridgehead atoms. The number of thiazole rings is 1. The van der Waals surface area contributed by atoms with Crippen molar-refractivity contribution in [3.8, 4) is 17.0 Å². The van der Waals surface area contributed by atoms with Gasteiger partial charge in [0, 0.05) is 21.4 Å². The number of carbonyl (C=O) groups excluding carboxylic acids is 1. The molecule has 6 aromatic rings. The molecule has 2 aromatic heterocycles. The molecule has 0 fully saturated rings. The van der Waals surface area contributed by atoms with Gasteiger partial charge in [0.15, 0.2) is 4.80 Å². The van der Waals surface area contributed by atoms with Crippen molar-refractivity contribution in [3.63, 3.8) is 0 Å². The number of para-hydroxylation sites is 1. The molecule has 0 spiro atoms. The van der Waals surface area contributed by atoms with E-state index < -0.39 is 12.0 Å². The Labute approximate surface area is 279 Å². The maximum atomic E-state index is 14.6. The lowest BCUT2D eigenvalue weighted by Crippen LogP contribution is -2.40. The first-order valence-corrected chi connectivity index (χ1v) is 17.2. The standard InChI is InChI=1S/C38H31N3O4S2/c1-4-45-37(43)31-33(24-14-9-6-10-15-24)40-38-41(35(31)25-18-20-26(46-3)21-19-25)36(42)30(47-38)22-28-27-16-11-17-29(44-2)34(27)39-32(28)23-12-7-5-8-13-23/h5-22,35,39H,4H2,1-3H3/b30-22-/t35-/m0/s1. The predicted molar refractivity (Wildman–Crippen MR) is 190 cm³/mol. The maximum Gasteiger partial charge on any atom is 0.338 e. The molecule has 0 radical (unpaired) electrons. The normalized spacial score (nSPS) is 14.6. The minimum atomic E-state index is -0.741. The monoisotopic (exact) mass is 657 g/mol. The van der Waals surface area contributed by atoms with Crippen LogP contribution >= 0.6 is 23.1 Å². The SMILES string of the molecule is CCOC(=O)C1=C(c2ccccc2)N=c2s/c(=C\c3c(-c4ccccc4)[nH]c4c(OC)cccc34)c(=O)n2[C@H]1c1ccc(SC)cc1. The quantitative estimate of drug-likeness (QED) is 0.144. The summed E-state index contributed by atoms with van der Waals surface area (Å²) in [5, 5.41) is 0.926. The van der Waals surface area contributed by atoms with Crippen LogP contribution in [0.3, 0.4) is 0 Å². The Bertz CT molecular complexity index is 2320. The summed E-state index contributed by atoms with van der Waals surface area (Å²) in [6.07, 6.45) is 3.94. The van der Waals surface area contributed by atoms with Gasteiger partial charge in [0.2, 0.25) is 0 Å². The van der Waals surface area contributed by atoms with Crippen molar-refractivity contribution >= 4 is 51.7 Å². The van der Waals surface area contributed by atoms with Gasteiger partial charge in [-0.15, -0.1) is 11.8 Å². The highest BCUT2D eigenvalue weighted by Gasteiger charge is 2.35. The molecule has 0 aliphatic carbocycles. The van der Waals surface area contributed by atoms with E-state index >= 15 is 0 Å². The van der Waals surface area contributed by atoms with Crippen LogP contribution < -0.4 is 19.6 Å². The maximum absolute atomic E-state index is 14.6. The molecule has 234 valence electrons. The lowest BCUT2D eigenvalue weighted by atomic mass is 9.93. The average Bonchev–Trinajstić information content (AvgIpc) is 3.65. The van der Waals surface area contributed by atoms with E-state index in [2.05, 4.69) is 4.98 Å². The van der Waals surface area contributed by atoms with E-state index in [1.165, 1.54) is 11.3 Å². The molecule has 0 saturated heterocycles. The molecular formula is C38H31N3O4S2. The van der Waals surface area contributed by atoms with Crippen molar-refractivity contribution in [1.82, 2.24) is 9.55 Å². The van der Waals surface area contributed by atoms with Crippen molar-refractivity contribution in [2.45, 2.75) is 17.9 Å². The molecule has 3 heterocycles. The van der Waals surface area contributed by atoms with Crippen LogP contribution in [-0.4, -0.2) is 35.5 Å². The first-order chi connectivity index (χ1) is 23.0. The molecule has 1 aliphatic heterocycles. The lowest BCUT2D eigenvalue weighted by Gasteiger charge is -2.26. The summed E-state index contributed by atoms with van der Waals surface area (Å²) < 4.78 is 13.4. The number of aromatic amines is 1. The number of hydrogen-bond acceptors (Lipinski definition) is 7. The van der Waals surface area contributed by atoms with Crippen LogP contribution in [-0.2, 0) is 9.53 Å². The third-order valence-electron chi connectivity index (χ3n) is 8.20. The number of ether oxygens (including phenoxy) is 2. The number of methoxy groups -OCH3 is 1. The molecule has 4 aromatic carbocycles. The van der Waals surface area contributed by atoms with E-state index in [1.807, 2.05) is 115 Å². The summed E-state index contributed by atoms with van der Waals surface area (Å²) in [6, 6.07) is 32.7. The number of benzene rings is 4. The topological polar surface area (TPSA) is 85.7 Å². The number of hydrogen-bond donors (Lipinski definition) is 1. The Kier molecular flexibility index (Phi) is 8.41. The van der Waals surface area contributed by atoms with E-state index in [0.29, 0.717) is 26.4 Å². The van der Waals surface area contributed by atoms with Gasteiger partial charge in [0.05, 0.1) is 46.8 Å². The predicted octanol–water partition coefficient (Wildman–Crippen LogP) is 6.81. The Morgan fingerprint density at radius 2 is 1.66 bits per heavy atom. The Balaban J connectivity index is 1.53. The zero-order valence-corrected chi connectivity index (χ0v) is 27.7. The fourth-order valence-corrected chi connectivity index (χ4v) is 7.43. The first-order valence-electron chi connectivity index (χ1n) is 15.2. The zero-order valence-electron chi connectivity index (χ0n) is 26.0. The summed E-state index contributed by atoms with van der Waals surface area (Å²) in [4.78, 5) is 38.5. The van der Waals surface area contributed by atoms with Gasteiger partial charge < -0.3 is 14.5 Å². The molecule has 7 nitrogen and oxygen atoms in total. The van der Waals surface area contributed by atoms with Gasteiger partial charge in [-0.2, -0.15) is 0 Å². The van der Waals surface area contributed by atoms with Crippen LogP contribution in [0.5, 0.6) is 5.75 Å². The number of H-pyrrole nitrogens is 1. The van der Waals surface area contributed by atoms with Crippen molar-refractivity contribution in [1.29, 1.82) is 0 Å². The van der Waals surface area contributed by atoms with Crippen LogP contribution in [0.4, 0.5) is 0 Å². The molecule has 0 saturated carbocycles. The summed E-state index contributed by atoms with van der Waals surface area (Å²) in [5.41, 5.74) is 5.72. The van der Waals surface area contributed by atoms with Crippen LogP contribution in [0.25, 0.3) is 33.9 Å². The van der Waals surface area contributed by atoms with Gasteiger partial charge in [-0.05, 0) is 48.6 Å². The number of carbonyl (C=O) groups is 1. The van der Waals surface area contributed by atoms with Crippen molar-refractivity contribution in [3.05, 3.63) is 145 Å². The van der Waals surface area contributed by atoms with Crippen LogP contribution in [0.15, 0.2) is 123 Å². The number of thioether (sulfide) groups is 1. The average molecular weight is 658 g/mol. The van der Waals surface area contributed by atoms with Crippen LogP contribution in [0.1, 0.15) is 29.7 Å². The Hall–Kier alpha value is -5.12. The van der Waals surface area contributed by atoms with Gasteiger partial charge in [-0.3, -0.25) is 9.36 Å². The van der Waals surface area contributed by atoms with Gasteiger partial charge in [-0.25, -0.2) is 9.79 Å². The number of nitrogens with zero attached hydrogens (tertiary/aromatic N) is 2. The highest BCUT2D eigenvalue weighted by atomic mass is 32.2. The fourth-order valence-electron chi connectivity index (χ4n) is 6.04. The molecule has 0 unspecified atom stereocenters. The molecule has 1 N–H and O–H groups in total. The van der Waals surface area contributed by atoms with E-state index in [4.69, 9.17) is 14.5 Å². The highest BCUT2D eigenvalue weighted by molar-refractivity contribution is 7.98. The number of rotatable bonds is 8. The van der Waals surface area contributed by atoms with Gasteiger partial charge in [0.1, 0.15) is 5.75 Å². The lowest BCUT2D eigenvalue weighted by molar-refractivity contribution is -0.138. The van der Waals surface area contributed by atoms with Gasteiger partial charge >= 0.3 is 5.97 Å². The molecule has 1 aliphatic rings. The number of aromatic nitrogens is 2. The number of nitrogens with one attached hydrogen (secondary N) is 1. The molecule has 1 atom stereocenters. The number of fused-ring (bicyclic) bond motifs is 2. The van der Waals surface area contributed by atoms with E-state index in [-0.39, 0.29) is 12.2 Å². The first kappa shape index (κ1) is 30.5. The van der Waals surface area contributed by atoms with E-state index in [9.17, 15) is 9.59 Å². The zero-order chi connectivity index (χ0) is 32.5. The smallest absolute Gasteiger partial charge is 0.338 e. The summed E-state index contributed by atoms with van der Waals surface area (Å²) >= 11 is 2.94. The number of esters is 1. The minimum absolute atomic E-state index is 0.194. The second-order valence-corrected chi connectivity index (χ2v) is 12.8. The molecule has 0 amide bonds. The third-order valence-corrected chi connectivity index (χ3v) is 9.93. The second kappa shape index (κ2) is 12.9. The van der Waals surface area contributed by atoms with Crippen molar-refractivity contribution in [2.24, 2.45) is 4.99 Å². The third kappa shape index (κ3) is 5.51. The van der Waals surface area contributed by atoms with E-state index in [1.54, 1.807) is 30.4 Å². The van der Waals surface area contributed by atoms with Crippen LogP contribution in [0.2, 0.25) is 0 Å². The fraction of sp³-hybridized carbons (Fsp3) is 0.132. The highest BCUT2D eigenvalue weighted by Crippen LogP contribution is 2.37. The summed E-state index contributed by atoms with van der Waals surface area (Å²) in [7, 11) is 1.65. The summed E-state index contributed by atoms with van der Waals surface area (Å²) in [6.45, 7) is 1.97. The van der Waals surface area contributed by atoms with Crippen LogP contribution in [0, 0.1) is 0 Å². The second-order valence-electron chi connectivity index (χ2n) is 10.9. The molecular weight excluding hydrogens is 627 g/mol. The molecule has 47 heavy (non-hydrogen) atoms. The Morgan fingerprint density at radius 3 is 2.32 bits per heavy atom. The minimum Gasteiger partial charge on any atom is -0.495 e. The van der Waals surface area contributed by atoms with Gasteiger partial charge in [-0.1, -0.05) is 96.3 Å². The van der Waals surface area contributed by atoms with Crippen molar-refractivity contribution < 1.29 is 14.3 Å². The molecule has 9 heteroatoms. The molecule has 7 rings (SSSR count).